The zero-order chi connectivity index (χ0) is 13.7. The van der Waals surface area contributed by atoms with Gasteiger partial charge in [0.1, 0.15) is 0 Å². The van der Waals surface area contributed by atoms with Gasteiger partial charge in [0, 0.05) is 6.54 Å². The molecule has 1 heterocycles. The Morgan fingerprint density at radius 1 is 1.21 bits per heavy atom. The van der Waals surface area contributed by atoms with Crippen LogP contribution in [0.15, 0.2) is 24.3 Å². The van der Waals surface area contributed by atoms with Crippen LogP contribution < -0.4 is 0 Å². The molecule has 1 saturated heterocycles. The van der Waals surface area contributed by atoms with Gasteiger partial charge < -0.3 is 10.0 Å². The first-order valence-corrected chi connectivity index (χ1v) is 7.66. The second-order valence-electron chi connectivity index (χ2n) is 5.96. The Labute approximate surface area is 117 Å². The van der Waals surface area contributed by atoms with Gasteiger partial charge in [0.05, 0.1) is 6.10 Å². The molecule has 0 bridgehead atoms. The monoisotopic (exact) mass is 261 g/mol. The first-order valence-electron chi connectivity index (χ1n) is 7.66. The van der Waals surface area contributed by atoms with Crippen molar-refractivity contribution in [1.29, 1.82) is 0 Å². The lowest BCUT2D eigenvalue weighted by Crippen LogP contribution is -2.36. The van der Waals surface area contributed by atoms with Gasteiger partial charge in [0.15, 0.2) is 0 Å². The molecule has 0 radical (unpaired) electrons. The second kappa shape index (κ2) is 7.06. The third kappa shape index (κ3) is 4.32. The minimum atomic E-state index is -0.344. The SMILES string of the molecule is CCCC1CCN(CC(O)c2ccc(C)cc2)CC1. The molecule has 0 saturated carbocycles. The lowest BCUT2D eigenvalue weighted by atomic mass is 9.92. The maximum atomic E-state index is 10.3. The van der Waals surface area contributed by atoms with Crippen LogP contribution in [0.2, 0.25) is 0 Å². The van der Waals surface area contributed by atoms with E-state index in [1.165, 1.54) is 31.2 Å². The summed E-state index contributed by atoms with van der Waals surface area (Å²) in [4.78, 5) is 2.41. The average Bonchev–Trinajstić information content (AvgIpc) is 2.42. The van der Waals surface area contributed by atoms with E-state index in [0.717, 1.165) is 31.1 Å². The largest absolute Gasteiger partial charge is 0.387 e. The summed E-state index contributed by atoms with van der Waals surface area (Å²) < 4.78 is 0. The van der Waals surface area contributed by atoms with Crippen LogP contribution >= 0.6 is 0 Å². The molecule has 2 rings (SSSR count). The van der Waals surface area contributed by atoms with Gasteiger partial charge in [-0.3, -0.25) is 0 Å². The Balaban J connectivity index is 1.80. The molecule has 0 aromatic heterocycles. The fourth-order valence-corrected chi connectivity index (χ4v) is 3.00. The van der Waals surface area contributed by atoms with Crippen molar-refractivity contribution < 1.29 is 5.11 Å². The highest BCUT2D eigenvalue weighted by molar-refractivity contribution is 5.23. The van der Waals surface area contributed by atoms with Crippen molar-refractivity contribution >= 4 is 0 Å². The number of nitrogens with zero attached hydrogens (tertiary/aromatic N) is 1. The summed E-state index contributed by atoms with van der Waals surface area (Å²) >= 11 is 0. The van der Waals surface area contributed by atoms with Gasteiger partial charge in [-0.05, 0) is 44.3 Å². The molecule has 106 valence electrons. The lowest BCUT2D eigenvalue weighted by Gasteiger charge is -2.33. The van der Waals surface area contributed by atoms with Gasteiger partial charge in [-0.1, -0.05) is 49.6 Å². The van der Waals surface area contributed by atoms with E-state index in [4.69, 9.17) is 0 Å². The Morgan fingerprint density at radius 2 is 1.84 bits per heavy atom. The van der Waals surface area contributed by atoms with Crippen molar-refractivity contribution in [3.8, 4) is 0 Å². The van der Waals surface area contributed by atoms with Crippen LogP contribution in [0.1, 0.15) is 49.8 Å². The van der Waals surface area contributed by atoms with Gasteiger partial charge in [-0.15, -0.1) is 0 Å². The number of aliphatic hydroxyl groups is 1. The molecular weight excluding hydrogens is 234 g/mol. The highest BCUT2D eigenvalue weighted by Crippen LogP contribution is 2.23. The molecule has 19 heavy (non-hydrogen) atoms. The molecule has 0 spiro atoms. The van der Waals surface area contributed by atoms with E-state index in [9.17, 15) is 5.11 Å². The quantitative estimate of drug-likeness (QED) is 0.876. The molecule has 1 aliphatic rings. The van der Waals surface area contributed by atoms with E-state index >= 15 is 0 Å². The van der Waals surface area contributed by atoms with Crippen LogP contribution in [-0.2, 0) is 0 Å². The maximum Gasteiger partial charge on any atom is 0.0916 e. The van der Waals surface area contributed by atoms with Crippen LogP contribution in [0, 0.1) is 12.8 Å². The molecule has 2 nitrogen and oxygen atoms in total. The van der Waals surface area contributed by atoms with Crippen molar-refractivity contribution in [2.24, 2.45) is 5.92 Å². The van der Waals surface area contributed by atoms with E-state index in [1.54, 1.807) is 0 Å². The number of rotatable bonds is 5. The van der Waals surface area contributed by atoms with Gasteiger partial charge >= 0.3 is 0 Å². The highest BCUT2D eigenvalue weighted by atomic mass is 16.3. The summed E-state index contributed by atoms with van der Waals surface area (Å²) in [5, 5.41) is 10.3. The topological polar surface area (TPSA) is 23.5 Å². The van der Waals surface area contributed by atoms with E-state index < -0.39 is 0 Å². The third-order valence-electron chi connectivity index (χ3n) is 4.30. The summed E-state index contributed by atoms with van der Waals surface area (Å²) in [5.41, 5.74) is 2.29. The minimum absolute atomic E-state index is 0.344. The van der Waals surface area contributed by atoms with Crippen LogP contribution in [0.4, 0.5) is 0 Å². The lowest BCUT2D eigenvalue weighted by molar-refractivity contribution is 0.0879. The van der Waals surface area contributed by atoms with Crippen molar-refractivity contribution in [2.75, 3.05) is 19.6 Å². The number of aliphatic hydroxyl groups excluding tert-OH is 1. The third-order valence-corrected chi connectivity index (χ3v) is 4.30. The number of aryl methyl sites for hydroxylation is 1. The molecule has 1 fully saturated rings. The Morgan fingerprint density at radius 3 is 2.42 bits per heavy atom. The molecular formula is C17H27NO. The number of hydrogen-bond donors (Lipinski definition) is 1. The highest BCUT2D eigenvalue weighted by Gasteiger charge is 2.20. The summed E-state index contributed by atoms with van der Waals surface area (Å²) in [5.74, 6) is 0.915. The first kappa shape index (κ1) is 14.5. The van der Waals surface area contributed by atoms with E-state index in [1.807, 2.05) is 12.1 Å². The standard InChI is InChI=1S/C17H27NO/c1-3-4-15-9-11-18(12-10-15)13-17(19)16-7-5-14(2)6-8-16/h5-8,15,17,19H,3-4,9-13H2,1-2H3. The number of β-amino-alcohol motifs (C(OH)–C–C–N with tert-alkyl or cyclic N) is 1. The zero-order valence-electron chi connectivity index (χ0n) is 12.3. The average molecular weight is 261 g/mol. The number of likely N-dealkylation sites (tertiary alicyclic amines) is 1. The van der Waals surface area contributed by atoms with Gasteiger partial charge in [-0.2, -0.15) is 0 Å². The molecule has 1 aromatic carbocycles. The predicted molar refractivity (Wildman–Crippen MR) is 80.2 cm³/mol. The van der Waals surface area contributed by atoms with E-state index in [-0.39, 0.29) is 6.10 Å². The fourth-order valence-electron chi connectivity index (χ4n) is 3.00. The summed E-state index contributed by atoms with van der Waals surface area (Å²) in [6, 6.07) is 8.24. The van der Waals surface area contributed by atoms with Crippen molar-refractivity contribution in [3.05, 3.63) is 35.4 Å². The van der Waals surface area contributed by atoms with Crippen LogP contribution in [0.25, 0.3) is 0 Å². The number of hydrogen-bond acceptors (Lipinski definition) is 2. The van der Waals surface area contributed by atoms with Gasteiger partial charge in [0.25, 0.3) is 0 Å². The molecule has 1 unspecified atom stereocenters. The van der Waals surface area contributed by atoms with Crippen LogP contribution in [0.5, 0.6) is 0 Å². The zero-order valence-corrected chi connectivity index (χ0v) is 12.3. The molecule has 1 atom stereocenters. The first-order chi connectivity index (χ1) is 9.19. The second-order valence-corrected chi connectivity index (χ2v) is 5.96. The van der Waals surface area contributed by atoms with E-state index in [2.05, 4.69) is 30.9 Å². The molecule has 0 aliphatic carbocycles. The summed E-state index contributed by atoms with van der Waals surface area (Å²) in [7, 11) is 0. The smallest absolute Gasteiger partial charge is 0.0916 e. The Bertz CT molecular complexity index is 365. The Hall–Kier alpha value is -0.860. The summed E-state index contributed by atoms with van der Waals surface area (Å²) in [6.07, 6.45) is 4.93. The van der Waals surface area contributed by atoms with Crippen LogP contribution in [0.3, 0.4) is 0 Å². The molecule has 1 aromatic rings. The fraction of sp³-hybridized carbons (Fsp3) is 0.647. The minimum Gasteiger partial charge on any atom is -0.387 e. The molecule has 2 heteroatoms. The Kier molecular flexibility index (Phi) is 5.41. The molecule has 0 amide bonds. The predicted octanol–water partition coefficient (Wildman–Crippen LogP) is 3.54. The molecule has 1 N–H and O–H groups in total. The molecule has 1 aliphatic heterocycles. The van der Waals surface area contributed by atoms with Gasteiger partial charge in [-0.25, -0.2) is 0 Å². The number of piperidine rings is 1. The van der Waals surface area contributed by atoms with Crippen molar-refractivity contribution in [1.82, 2.24) is 4.90 Å². The summed E-state index contributed by atoms with van der Waals surface area (Å²) in [6.45, 7) is 7.42. The number of benzene rings is 1. The van der Waals surface area contributed by atoms with Crippen molar-refractivity contribution in [2.45, 2.75) is 45.6 Å². The van der Waals surface area contributed by atoms with Crippen molar-refractivity contribution in [3.63, 3.8) is 0 Å². The van der Waals surface area contributed by atoms with Gasteiger partial charge in [0.2, 0.25) is 0 Å². The maximum absolute atomic E-state index is 10.3. The van der Waals surface area contributed by atoms with E-state index in [0.29, 0.717) is 0 Å². The van der Waals surface area contributed by atoms with Crippen LogP contribution in [-0.4, -0.2) is 29.6 Å². The normalized spacial score (nSPS) is 19.5.